The first-order chi connectivity index (χ1) is 9.81. The molecule has 0 radical (unpaired) electrons. The molecule has 0 atom stereocenters. The van der Waals surface area contributed by atoms with Crippen molar-refractivity contribution in [1.82, 2.24) is 19.9 Å². The van der Waals surface area contributed by atoms with Gasteiger partial charge >= 0.3 is 0 Å². The minimum atomic E-state index is 0.408. The predicted molar refractivity (Wildman–Crippen MR) is 78.6 cm³/mol. The molecule has 0 saturated heterocycles. The van der Waals surface area contributed by atoms with Crippen molar-refractivity contribution in [2.75, 3.05) is 0 Å². The van der Waals surface area contributed by atoms with Crippen molar-refractivity contribution in [2.45, 2.75) is 10.1 Å². The van der Waals surface area contributed by atoms with Crippen LogP contribution in [0, 0.1) is 0 Å². The Morgan fingerprint density at radius 3 is 2.55 bits per heavy atom. The van der Waals surface area contributed by atoms with E-state index in [9.17, 15) is 0 Å². The zero-order valence-corrected chi connectivity index (χ0v) is 11.8. The van der Waals surface area contributed by atoms with Crippen molar-refractivity contribution in [3.05, 3.63) is 60.1 Å². The van der Waals surface area contributed by atoms with E-state index < -0.39 is 0 Å². The Labute approximate surface area is 125 Å². The molecule has 3 aromatic rings. The van der Waals surface area contributed by atoms with Crippen LogP contribution in [0.1, 0.15) is 0 Å². The number of benzene rings is 1. The lowest BCUT2D eigenvalue weighted by atomic mass is 10.2. The third-order valence-electron chi connectivity index (χ3n) is 2.45. The van der Waals surface area contributed by atoms with Crippen LogP contribution in [0.4, 0.5) is 0 Å². The molecule has 2 aromatic heterocycles. The van der Waals surface area contributed by atoms with Crippen molar-refractivity contribution in [3.8, 4) is 11.4 Å². The van der Waals surface area contributed by atoms with Crippen molar-refractivity contribution >= 4 is 23.4 Å². The van der Waals surface area contributed by atoms with Crippen molar-refractivity contribution in [1.29, 1.82) is 0 Å². The molecule has 0 unspecified atom stereocenters. The zero-order valence-electron chi connectivity index (χ0n) is 10.3. The summed E-state index contributed by atoms with van der Waals surface area (Å²) in [4.78, 5) is 17.0. The highest BCUT2D eigenvalue weighted by Gasteiger charge is 2.07. The highest BCUT2D eigenvalue weighted by molar-refractivity contribution is 7.99. The maximum Gasteiger partial charge on any atom is 0.162 e. The third-order valence-corrected chi connectivity index (χ3v) is 3.48. The Morgan fingerprint density at radius 2 is 1.80 bits per heavy atom. The Bertz CT molecular complexity index is 707. The summed E-state index contributed by atoms with van der Waals surface area (Å²) in [7, 11) is 0. The standard InChI is InChI=1S/C14H9ClN4S/c15-11-8-12(20-13-9-16-6-7-17-13)19-14(18-11)10-4-2-1-3-5-10/h1-9H. The van der Waals surface area contributed by atoms with Crippen molar-refractivity contribution in [2.24, 2.45) is 0 Å². The molecule has 20 heavy (non-hydrogen) atoms. The van der Waals surface area contributed by atoms with Gasteiger partial charge in [-0.3, -0.25) is 4.98 Å². The quantitative estimate of drug-likeness (QED) is 0.690. The fourth-order valence-electron chi connectivity index (χ4n) is 1.61. The molecule has 0 aliphatic rings. The van der Waals surface area contributed by atoms with Crippen LogP contribution in [0.3, 0.4) is 0 Å². The molecule has 0 fully saturated rings. The predicted octanol–water partition coefficient (Wildman–Crippen LogP) is 3.74. The van der Waals surface area contributed by atoms with Crippen LogP contribution in [0.2, 0.25) is 5.15 Å². The molecule has 2 heterocycles. The van der Waals surface area contributed by atoms with Gasteiger partial charge in [0.15, 0.2) is 5.82 Å². The van der Waals surface area contributed by atoms with Crippen molar-refractivity contribution in [3.63, 3.8) is 0 Å². The van der Waals surface area contributed by atoms with Gasteiger partial charge in [0.2, 0.25) is 0 Å². The Hall–Kier alpha value is -1.98. The van der Waals surface area contributed by atoms with E-state index in [0.29, 0.717) is 11.0 Å². The molecule has 1 aromatic carbocycles. The van der Waals surface area contributed by atoms with Gasteiger partial charge in [0, 0.05) is 24.0 Å². The minimum Gasteiger partial charge on any atom is -0.260 e. The summed E-state index contributed by atoms with van der Waals surface area (Å²) in [5, 5.41) is 1.91. The molecule has 0 amide bonds. The van der Waals surface area contributed by atoms with Crippen LogP contribution in [0.5, 0.6) is 0 Å². The van der Waals surface area contributed by atoms with Crippen LogP contribution >= 0.6 is 23.4 Å². The van der Waals surface area contributed by atoms with E-state index in [-0.39, 0.29) is 0 Å². The second kappa shape index (κ2) is 5.98. The molecule has 4 nitrogen and oxygen atoms in total. The van der Waals surface area contributed by atoms with Crippen LogP contribution in [0.25, 0.3) is 11.4 Å². The number of hydrogen-bond acceptors (Lipinski definition) is 5. The molecule has 0 aliphatic carbocycles. The van der Waals surface area contributed by atoms with E-state index in [0.717, 1.165) is 15.6 Å². The molecule has 3 rings (SSSR count). The lowest BCUT2D eigenvalue weighted by Gasteiger charge is -2.04. The van der Waals surface area contributed by atoms with Crippen LogP contribution in [-0.2, 0) is 0 Å². The van der Waals surface area contributed by atoms with Crippen molar-refractivity contribution < 1.29 is 0 Å². The fourth-order valence-corrected chi connectivity index (χ4v) is 2.60. The van der Waals surface area contributed by atoms with Gasteiger partial charge in [-0.25, -0.2) is 15.0 Å². The summed E-state index contributed by atoms with van der Waals surface area (Å²) in [6, 6.07) is 11.4. The largest absolute Gasteiger partial charge is 0.260 e. The molecular formula is C14H9ClN4S. The van der Waals surface area contributed by atoms with Gasteiger partial charge in [-0.05, 0) is 11.8 Å². The van der Waals surface area contributed by atoms with Crippen LogP contribution in [-0.4, -0.2) is 19.9 Å². The third kappa shape index (κ3) is 3.12. The monoisotopic (exact) mass is 300 g/mol. The lowest BCUT2D eigenvalue weighted by Crippen LogP contribution is -1.92. The summed E-state index contributed by atoms with van der Waals surface area (Å²) < 4.78 is 0. The van der Waals surface area contributed by atoms with Crippen LogP contribution in [0.15, 0.2) is 65.0 Å². The molecule has 0 saturated carbocycles. The van der Waals surface area contributed by atoms with E-state index in [2.05, 4.69) is 19.9 Å². The summed E-state index contributed by atoms with van der Waals surface area (Å²) in [6.45, 7) is 0. The van der Waals surface area contributed by atoms with Gasteiger partial charge in [-0.1, -0.05) is 41.9 Å². The van der Waals surface area contributed by atoms with E-state index in [4.69, 9.17) is 11.6 Å². The number of aromatic nitrogens is 4. The molecule has 0 aliphatic heterocycles. The van der Waals surface area contributed by atoms with E-state index in [1.54, 1.807) is 24.7 Å². The molecule has 0 N–H and O–H groups in total. The summed E-state index contributed by atoms with van der Waals surface area (Å²) >= 11 is 7.47. The second-order valence-electron chi connectivity index (χ2n) is 3.86. The Balaban J connectivity index is 1.95. The average molecular weight is 301 g/mol. The number of halogens is 1. The van der Waals surface area contributed by atoms with E-state index >= 15 is 0 Å². The van der Waals surface area contributed by atoms with Gasteiger partial charge < -0.3 is 0 Å². The second-order valence-corrected chi connectivity index (χ2v) is 5.29. The first-order valence-corrected chi connectivity index (χ1v) is 7.04. The Morgan fingerprint density at radius 1 is 0.950 bits per heavy atom. The fraction of sp³-hybridized carbons (Fsp3) is 0. The molecular weight excluding hydrogens is 292 g/mol. The van der Waals surface area contributed by atoms with Crippen LogP contribution < -0.4 is 0 Å². The zero-order chi connectivity index (χ0) is 13.8. The van der Waals surface area contributed by atoms with Gasteiger partial charge in [0.1, 0.15) is 15.2 Å². The molecule has 0 bridgehead atoms. The first-order valence-electron chi connectivity index (χ1n) is 5.85. The SMILES string of the molecule is Clc1cc(Sc2cnccn2)nc(-c2ccccc2)n1. The smallest absolute Gasteiger partial charge is 0.162 e. The maximum absolute atomic E-state index is 6.07. The minimum absolute atomic E-state index is 0.408. The molecule has 0 spiro atoms. The Kier molecular flexibility index (Phi) is 3.90. The first kappa shape index (κ1) is 13.0. The summed E-state index contributed by atoms with van der Waals surface area (Å²) in [5.41, 5.74) is 0.927. The van der Waals surface area contributed by atoms with Gasteiger partial charge in [-0.15, -0.1) is 0 Å². The summed E-state index contributed by atoms with van der Waals surface area (Å²) in [5.74, 6) is 0.601. The highest BCUT2D eigenvalue weighted by atomic mass is 35.5. The normalized spacial score (nSPS) is 10.4. The number of rotatable bonds is 3. The van der Waals surface area contributed by atoms with Gasteiger partial charge in [-0.2, -0.15) is 0 Å². The molecule has 98 valence electrons. The number of nitrogens with zero attached hydrogens (tertiary/aromatic N) is 4. The number of hydrogen-bond donors (Lipinski definition) is 0. The van der Waals surface area contributed by atoms with Gasteiger partial charge in [0.25, 0.3) is 0 Å². The average Bonchev–Trinajstić information content (AvgIpc) is 2.49. The van der Waals surface area contributed by atoms with E-state index in [1.807, 2.05) is 30.3 Å². The highest BCUT2D eigenvalue weighted by Crippen LogP contribution is 2.27. The topological polar surface area (TPSA) is 51.6 Å². The van der Waals surface area contributed by atoms with E-state index in [1.165, 1.54) is 11.8 Å². The summed E-state index contributed by atoms with van der Waals surface area (Å²) in [6.07, 6.45) is 4.96. The maximum atomic E-state index is 6.07. The van der Waals surface area contributed by atoms with Gasteiger partial charge in [0.05, 0.1) is 6.20 Å². The lowest BCUT2D eigenvalue weighted by molar-refractivity contribution is 1.02. The molecule has 6 heteroatoms.